The zero-order chi connectivity index (χ0) is 30.8. The van der Waals surface area contributed by atoms with Gasteiger partial charge in [-0.05, 0) is 66.9 Å². The minimum absolute atomic E-state index is 0.129. The van der Waals surface area contributed by atoms with E-state index in [1.807, 2.05) is 106 Å². The van der Waals surface area contributed by atoms with Crippen molar-refractivity contribution in [2.45, 2.75) is 33.4 Å². The lowest BCUT2D eigenvalue weighted by Crippen LogP contribution is -2.43. The topological polar surface area (TPSA) is 63.9 Å². The van der Waals surface area contributed by atoms with Crippen molar-refractivity contribution >= 4 is 45.7 Å². The maximum Gasteiger partial charge on any atom is 0.271 e. The number of amides is 1. The second-order valence-corrected chi connectivity index (χ2v) is 12.0. The van der Waals surface area contributed by atoms with Crippen LogP contribution in [0.4, 0.5) is 0 Å². The number of allylic oxidation sites excluding steroid dienone is 1. The smallest absolute Gasteiger partial charge is 0.271 e. The normalized spacial score (nSPS) is 14.8. The van der Waals surface area contributed by atoms with Crippen LogP contribution < -0.4 is 19.6 Å². The quantitative estimate of drug-likeness (QED) is 0.199. The molecule has 2 heterocycles. The first-order chi connectivity index (χ1) is 21.4. The van der Waals surface area contributed by atoms with Gasteiger partial charge >= 0.3 is 0 Å². The van der Waals surface area contributed by atoms with Gasteiger partial charge < -0.3 is 9.64 Å². The Morgan fingerprint density at radius 1 is 0.977 bits per heavy atom. The Bertz CT molecular complexity index is 2060. The standard InChI is InChI=1S/C36H32ClN3O3S/c1-4-39(5-2)35(42)32-23(3)38-36-40(33(32)26-15-18-27(37)19-16-26)34(41)31(44-36)21-29-28-14-10-9-13-25(28)17-20-30(29)43-22-24-11-7-6-8-12-24/h6-21,33H,4-5,22H2,1-3H3/b31-21+/t33-/m1/s1. The minimum Gasteiger partial charge on any atom is -0.488 e. The summed E-state index contributed by atoms with van der Waals surface area (Å²) in [7, 11) is 0. The van der Waals surface area contributed by atoms with Crippen molar-refractivity contribution in [2.24, 2.45) is 4.99 Å². The molecule has 0 saturated carbocycles. The SMILES string of the molecule is CCN(CC)C(=O)C1=C(C)N=c2s/c(=C/c3c(OCc4ccccc4)ccc4ccccc34)c(=O)n2[C@@H]1c1ccc(Cl)cc1. The fourth-order valence-corrected chi connectivity index (χ4v) is 6.81. The molecule has 1 amide bonds. The summed E-state index contributed by atoms with van der Waals surface area (Å²) < 4.78 is 8.49. The molecule has 44 heavy (non-hydrogen) atoms. The lowest BCUT2D eigenvalue weighted by Gasteiger charge is -2.29. The summed E-state index contributed by atoms with van der Waals surface area (Å²) in [6.45, 7) is 7.25. The molecule has 6 nitrogen and oxygen atoms in total. The molecule has 0 N–H and O–H groups in total. The van der Waals surface area contributed by atoms with Gasteiger partial charge in [-0.15, -0.1) is 0 Å². The van der Waals surface area contributed by atoms with Crippen LogP contribution in [-0.2, 0) is 11.4 Å². The molecule has 0 spiro atoms. The average Bonchev–Trinajstić information content (AvgIpc) is 3.35. The van der Waals surface area contributed by atoms with Gasteiger partial charge in [0.2, 0.25) is 0 Å². The number of carbonyl (C=O) groups is 1. The van der Waals surface area contributed by atoms with Crippen LogP contribution in [0.5, 0.6) is 5.75 Å². The maximum atomic E-state index is 14.3. The molecule has 4 aromatic carbocycles. The van der Waals surface area contributed by atoms with E-state index in [2.05, 4.69) is 0 Å². The molecule has 8 heteroatoms. The van der Waals surface area contributed by atoms with Crippen LogP contribution in [0.15, 0.2) is 112 Å². The van der Waals surface area contributed by atoms with Crippen LogP contribution in [0.2, 0.25) is 5.02 Å². The van der Waals surface area contributed by atoms with Gasteiger partial charge in [0.15, 0.2) is 4.80 Å². The van der Waals surface area contributed by atoms with Crippen molar-refractivity contribution in [3.63, 3.8) is 0 Å². The van der Waals surface area contributed by atoms with Crippen molar-refractivity contribution in [1.29, 1.82) is 0 Å². The van der Waals surface area contributed by atoms with Gasteiger partial charge in [-0.25, -0.2) is 4.99 Å². The van der Waals surface area contributed by atoms with Crippen molar-refractivity contribution < 1.29 is 9.53 Å². The number of nitrogens with zero attached hydrogens (tertiary/aromatic N) is 3. The summed E-state index contributed by atoms with van der Waals surface area (Å²) in [5.41, 5.74) is 3.55. The first-order valence-electron chi connectivity index (χ1n) is 14.6. The van der Waals surface area contributed by atoms with Gasteiger partial charge in [-0.3, -0.25) is 14.2 Å². The number of benzene rings is 4. The molecule has 6 rings (SSSR count). The summed E-state index contributed by atoms with van der Waals surface area (Å²) in [5.74, 6) is 0.553. The van der Waals surface area contributed by atoms with E-state index in [0.29, 0.717) is 51.1 Å². The van der Waals surface area contributed by atoms with Crippen LogP contribution in [0, 0.1) is 0 Å². The number of halogens is 1. The van der Waals surface area contributed by atoms with Crippen molar-refractivity contribution in [3.8, 4) is 5.75 Å². The first-order valence-corrected chi connectivity index (χ1v) is 15.8. The third-order valence-corrected chi connectivity index (χ3v) is 9.17. The zero-order valence-electron chi connectivity index (χ0n) is 24.8. The Balaban J connectivity index is 1.54. The number of hydrogen-bond donors (Lipinski definition) is 0. The third-order valence-electron chi connectivity index (χ3n) is 7.93. The predicted octanol–water partition coefficient (Wildman–Crippen LogP) is 6.49. The molecular formula is C36H32ClN3O3S. The molecule has 0 saturated heterocycles. The van der Waals surface area contributed by atoms with Gasteiger partial charge in [0, 0.05) is 23.7 Å². The van der Waals surface area contributed by atoms with E-state index in [4.69, 9.17) is 21.3 Å². The van der Waals surface area contributed by atoms with Crippen LogP contribution in [0.3, 0.4) is 0 Å². The maximum absolute atomic E-state index is 14.3. The Morgan fingerprint density at radius 2 is 1.68 bits per heavy atom. The molecular weight excluding hydrogens is 590 g/mol. The number of aromatic nitrogens is 1. The third kappa shape index (κ3) is 5.61. The molecule has 1 atom stereocenters. The number of fused-ring (bicyclic) bond motifs is 2. The molecule has 222 valence electrons. The largest absolute Gasteiger partial charge is 0.488 e. The molecule has 5 aromatic rings. The zero-order valence-corrected chi connectivity index (χ0v) is 26.4. The van der Waals surface area contributed by atoms with Gasteiger partial charge in [-0.1, -0.05) is 95.7 Å². The van der Waals surface area contributed by atoms with E-state index in [1.165, 1.54) is 11.3 Å². The van der Waals surface area contributed by atoms with E-state index in [-0.39, 0.29) is 11.5 Å². The molecule has 0 aliphatic carbocycles. The molecule has 0 bridgehead atoms. The van der Waals surface area contributed by atoms with E-state index in [9.17, 15) is 9.59 Å². The van der Waals surface area contributed by atoms with Gasteiger partial charge in [0.1, 0.15) is 12.4 Å². The number of ether oxygens (including phenoxy) is 1. The summed E-state index contributed by atoms with van der Waals surface area (Å²) in [6, 6.07) is 28.7. The number of hydrogen-bond acceptors (Lipinski definition) is 5. The van der Waals surface area contributed by atoms with E-state index >= 15 is 0 Å². The minimum atomic E-state index is -0.639. The van der Waals surface area contributed by atoms with Gasteiger partial charge in [0.05, 0.1) is 21.8 Å². The molecule has 0 radical (unpaired) electrons. The summed E-state index contributed by atoms with van der Waals surface area (Å²) in [6.07, 6.45) is 1.90. The Hall–Kier alpha value is -4.46. The van der Waals surface area contributed by atoms with Gasteiger partial charge in [-0.2, -0.15) is 0 Å². The highest BCUT2D eigenvalue weighted by atomic mass is 35.5. The number of thiazole rings is 1. The molecule has 1 aliphatic heterocycles. The van der Waals surface area contributed by atoms with E-state index < -0.39 is 6.04 Å². The highest BCUT2D eigenvalue weighted by Gasteiger charge is 2.34. The van der Waals surface area contributed by atoms with Gasteiger partial charge in [0.25, 0.3) is 11.5 Å². The Morgan fingerprint density at radius 3 is 2.41 bits per heavy atom. The van der Waals surface area contributed by atoms with Crippen LogP contribution in [-0.4, -0.2) is 28.5 Å². The highest BCUT2D eigenvalue weighted by molar-refractivity contribution is 7.07. The van der Waals surface area contributed by atoms with Crippen LogP contribution >= 0.6 is 22.9 Å². The van der Waals surface area contributed by atoms with Crippen molar-refractivity contribution in [3.05, 3.63) is 144 Å². The second-order valence-electron chi connectivity index (χ2n) is 10.6. The summed E-state index contributed by atoms with van der Waals surface area (Å²) >= 11 is 7.55. The molecule has 0 unspecified atom stereocenters. The fourth-order valence-electron chi connectivity index (χ4n) is 5.65. The molecule has 0 fully saturated rings. The number of likely N-dealkylation sites (N-methyl/N-ethyl adjacent to an activating group) is 1. The molecule has 1 aromatic heterocycles. The fraction of sp³-hybridized carbons (Fsp3) is 0.194. The lowest BCUT2D eigenvalue weighted by molar-refractivity contribution is -0.127. The summed E-state index contributed by atoms with van der Waals surface area (Å²) in [4.78, 5) is 35.3. The summed E-state index contributed by atoms with van der Waals surface area (Å²) in [5, 5.41) is 2.60. The monoisotopic (exact) mass is 621 g/mol. The van der Waals surface area contributed by atoms with Crippen molar-refractivity contribution in [2.75, 3.05) is 13.1 Å². The highest BCUT2D eigenvalue weighted by Crippen LogP contribution is 2.33. The van der Waals surface area contributed by atoms with Crippen molar-refractivity contribution in [1.82, 2.24) is 9.47 Å². The average molecular weight is 622 g/mol. The van der Waals surface area contributed by atoms with Crippen LogP contribution in [0.1, 0.15) is 43.5 Å². The number of rotatable bonds is 8. The Kier molecular flexibility index (Phi) is 8.51. The van der Waals surface area contributed by atoms with Crippen LogP contribution in [0.25, 0.3) is 16.8 Å². The predicted molar refractivity (Wildman–Crippen MR) is 178 cm³/mol. The first kappa shape index (κ1) is 29.6. The Labute approximate surface area is 264 Å². The van der Waals surface area contributed by atoms with E-state index in [0.717, 1.165) is 27.5 Å². The van der Waals surface area contributed by atoms with E-state index in [1.54, 1.807) is 21.6 Å². The lowest BCUT2D eigenvalue weighted by atomic mass is 9.94. The number of carbonyl (C=O) groups excluding carboxylic acids is 1. The second kappa shape index (κ2) is 12.6. The molecule has 1 aliphatic rings.